The number of carbonyl (C=O) groups excluding carboxylic acids is 1. The number of rotatable bonds is 3. The lowest BCUT2D eigenvalue weighted by molar-refractivity contribution is 0.0667. The van der Waals surface area contributed by atoms with Crippen LogP contribution in [0.25, 0.3) is 0 Å². The zero-order chi connectivity index (χ0) is 13.8. The van der Waals surface area contributed by atoms with Crippen LogP contribution in [0.4, 0.5) is 0 Å². The van der Waals surface area contributed by atoms with E-state index in [4.69, 9.17) is 0 Å². The molecule has 3 heterocycles. The van der Waals surface area contributed by atoms with Gasteiger partial charge in [0.2, 0.25) is 0 Å². The smallest absolute Gasteiger partial charge is 0.274 e. The molecule has 1 saturated heterocycles. The van der Waals surface area contributed by atoms with Crippen LogP contribution in [0, 0.1) is 5.92 Å². The van der Waals surface area contributed by atoms with Crippen molar-refractivity contribution in [1.29, 1.82) is 0 Å². The average Bonchev–Trinajstić information content (AvgIpc) is 3.01. The summed E-state index contributed by atoms with van der Waals surface area (Å²) in [5.41, 5.74) is 0.433. The van der Waals surface area contributed by atoms with Gasteiger partial charge in [-0.05, 0) is 18.8 Å². The fourth-order valence-corrected chi connectivity index (χ4v) is 3.32. The maximum atomic E-state index is 12.4. The summed E-state index contributed by atoms with van der Waals surface area (Å²) in [7, 11) is 0. The van der Waals surface area contributed by atoms with Crippen molar-refractivity contribution in [3.63, 3.8) is 0 Å². The Hall–Kier alpha value is -1.82. The predicted octanol–water partition coefficient (Wildman–Crippen LogP) is 2.03. The minimum Gasteiger partial charge on any atom is -0.337 e. The summed E-state index contributed by atoms with van der Waals surface area (Å²) in [6.45, 7) is 1.60. The highest BCUT2D eigenvalue weighted by Gasteiger charge is 2.25. The summed E-state index contributed by atoms with van der Waals surface area (Å²) in [5.74, 6) is 0.484. The van der Waals surface area contributed by atoms with Gasteiger partial charge in [0.25, 0.3) is 5.91 Å². The zero-order valence-electron chi connectivity index (χ0n) is 11.1. The summed E-state index contributed by atoms with van der Waals surface area (Å²) in [6.07, 6.45) is 9.67. The number of hydrogen-bond donors (Lipinski definition) is 0. The van der Waals surface area contributed by atoms with Crippen LogP contribution in [-0.4, -0.2) is 38.8 Å². The number of piperidine rings is 1. The van der Waals surface area contributed by atoms with Gasteiger partial charge >= 0.3 is 0 Å². The van der Waals surface area contributed by atoms with Crippen LogP contribution in [0.2, 0.25) is 0 Å². The second-order valence-electron chi connectivity index (χ2n) is 4.98. The Morgan fingerprint density at radius 2 is 2.30 bits per heavy atom. The minimum absolute atomic E-state index is 0.0121. The lowest BCUT2D eigenvalue weighted by atomic mass is 9.95. The molecule has 1 aliphatic heterocycles. The number of hydrogen-bond acceptors (Lipinski definition) is 5. The van der Waals surface area contributed by atoms with E-state index in [1.54, 1.807) is 23.7 Å². The van der Waals surface area contributed by atoms with Crippen LogP contribution in [0.15, 0.2) is 30.2 Å². The van der Waals surface area contributed by atoms with Gasteiger partial charge in [0.05, 0.1) is 11.2 Å². The first-order chi connectivity index (χ1) is 9.83. The molecule has 0 aliphatic carbocycles. The Balaban J connectivity index is 1.64. The van der Waals surface area contributed by atoms with Crippen LogP contribution in [0.5, 0.6) is 0 Å². The molecule has 1 atom stereocenters. The Morgan fingerprint density at radius 3 is 3.05 bits per heavy atom. The SMILES string of the molecule is O=C(c1cnccn1)N1CCCC(Cc2nccs2)C1. The summed E-state index contributed by atoms with van der Waals surface area (Å²) in [6, 6.07) is 0. The molecule has 0 bridgehead atoms. The molecule has 2 aromatic rings. The summed E-state index contributed by atoms with van der Waals surface area (Å²) in [4.78, 5) is 26.6. The molecule has 1 fully saturated rings. The predicted molar refractivity (Wildman–Crippen MR) is 76.5 cm³/mol. The van der Waals surface area contributed by atoms with Crippen LogP contribution >= 0.6 is 11.3 Å². The number of likely N-dealkylation sites (tertiary alicyclic amines) is 1. The topological polar surface area (TPSA) is 59.0 Å². The Kier molecular flexibility index (Phi) is 4.01. The second-order valence-corrected chi connectivity index (χ2v) is 5.96. The van der Waals surface area contributed by atoms with Gasteiger partial charge < -0.3 is 4.90 Å². The molecule has 104 valence electrons. The summed E-state index contributed by atoms with van der Waals surface area (Å²) in [5, 5.41) is 3.16. The van der Waals surface area contributed by atoms with Gasteiger partial charge in [0, 0.05) is 43.5 Å². The van der Waals surface area contributed by atoms with Crippen molar-refractivity contribution >= 4 is 17.2 Å². The average molecular weight is 288 g/mol. The molecule has 2 aromatic heterocycles. The molecule has 1 unspecified atom stereocenters. The number of aromatic nitrogens is 3. The molecule has 0 aromatic carbocycles. The molecule has 5 nitrogen and oxygen atoms in total. The van der Waals surface area contributed by atoms with Gasteiger partial charge in [-0.2, -0.15) is 0 Å². The van der Waals surface area contributed by atoms with E-state index in [1.165, 1.54) is 6.20 Å². The lowest BCUT2D eigenvalue weighted by Crippen LogP contribution is -2.40. The molecule has 3 rings (SSSR count). The normalized spacial score (nSPS) is 19.0. The molecule has 1 amide bonds. The number of carbonyl (C=O) groups is 1. The van der Waals surface area contributed by atoms with Gasteiger partial charge in [0.15, 0.2) is 0 Å². The van der Waals surface area contributed by atoms with Crippen molar-refractivity contribution in [2.75, 3.05) is 13.1 Å². The van der Waals surface area contributed by atoms with Gasteiger partial charge in [-0.1, -0.05) is 0 Å². The molecule has 1 aliphatic rings. The van der Waals surface area contributed by atoms with E-state index in [-0.39, 0.29) is 5.91 Å². The highest BCUT2D eigenvalue weighted by molar-refractivity contribution is 7.09. The van der Waals surface area contributed by atoms with Crippen LogP contribution in [0.3, 0.4) is 0 Å². The van der Waals surface area contributed by atoms with Crippen LogP contribution in [0.1, 0.15) is 28.3 Å². The molecule has 6 heteroatoms. The van der Waals surface area contributed by atoms with Crippen molar-refractivity contribution in [2.45, 2.75) is 19.3 Å². The van der Waals surface area contributed by atoms with Gasteiger partial charge in [0.1, 0.15) is 5.69 Å². The number of nitrogens with zero attached hydrogens (tertiary/aromatic N) is 4. The standard InChI is InChI=1S/C14H16N4OS/c19-14(12-9-15-3-4-16-12)18-6-1-2-11(10-18)8-13-17-5-7-20-13/h3-5,7,9,11H,1-2,6,8,10H2. The lowest BCUT2D eigenvalue weighted by Gasteiger charge is -2.32. The van der Waals surface area contributed by atoms with Gasteiger partial charge in [-0.15, -0.1) is 11.3 Å². The van der Waals surface area contributed by atoms with Crippen molar-refractivity contribution in [2.24, 2.45) is 5.92 Å². The fraction of sp³-hybridized carbons (Fsp3) is 0.429. The third kappa shape index (κ3) is 3.01. The third-order valence-electron chi connectivity index (χ3n) is 3.54. The molecule has 20 heavy (non-hydrogen) atoms. The Morgan fingerprint density at radius 1 is 1.35 bits per heavy atom. The van der Waals surface area contributed by atoms with E-state index in [9.17, 15) is 4.79 Å². The van der Waals surface area contributed by atoms with Gasteiger partial charge in [-0.25, -0.2) is 9.97 Å². The summed E-state index contributed by atoms with van der Waals surface area (Å²) < 4.78 is 0. The Bertz CT molecular complexity index is 558. The first-order valence-electron chi connectivity index (χ1n) is 6.76. The maximum Gasteiger partial charge on any atom is 0.274 e. The number of thiazole rings is 1. The van der Waals surface area contributed by atoms with Crippen molar-refractivity contribution in [3.05, 3.63) is 40.9 Å². The molecule has 0 N–H and O–H groups in total. The van der Waals surface area contributed by atoms with E-state index in [1.807, 2.05) is 16.5 Å². The molecule has 0 saturated carbocycles. The fourth-order valence-electron chi connectivity index (χ4n) is 2.59. The first kappa shape index (κ1) is 13.2. The van der Waals surface area contributed by atoms with Crippen molar-refractivity contribution < 1.29 is 4.79 Å². The van der Waals surface area contributed by atoms with E-state index >= 15 is 0 Å². The van der Waals surface area contributed by atoms with Crippen molar-refractivity contribution in [1.82, 2.24) is 19.9 Å². The third-order valence-corrected chi connectivity index (χ3v) is 4.34. The maximum absolute atomic E-state index is 12.4. The van der Waals surface area contributed by atoms with E-state index < -0.39 is 0 Å². The van der Waals surface area contributed by atoms with E-state index in [0.717, 1.165) is 37.4 Å². The summed E-state index contributed by atoms with van der Waals surface area (Å²) >= 11 is 1.69. The zero-order valence-corrected chi connectivity index (χ0v) is 11.9. The van der Waals surface area contributed by atoms with E-state index in [2.05, 4.69) is 15.0 Å². The highest BCUT2D eigenvalue weighted by atomic mass is 32.1. The van der Waals surface area contributed by atoms with Crippen molar-refractivity contribution in [3.8, 4) is 0 Å². The monoisotopic (exact) mass is 288 g/mol. The molecule has 0 spiro atoms. The van der Waals surface area contributed by atoms with E-state index in [0.29, 0.717) is 11.6 Å². The number of amides is 1. The van der Waals surface area contributed by atoms with Crippen LogP contribution in [-0.2, 0) is 6.42 Å². The molecular weight excluding hydrogens is 272 g/mol. The van der Waals surface area contributed by atoms with Gasteiger partial charge in [-0.3, -0.25) is 9.78 Å². The second kappa shape index (κ2) is 6.09. The largest absolute Gasteiger partial charge is 0.337 e. The highest BCUT2D eigenvalue weighted by Crippen LogP contribution is 2.22. The van der Waals surface area contributed by atoms with Crippen LogP contribution < -0.4 is 0 Å². The Labute approximate surface area is 121 Å². The minimum atomic E-state index is -0.0121. The first-order valence-corrected chi connectivity index (χ1v) is 7.64. The molecular formula is C14H16N4OS. The molecule has 0 radical (unpaired) electrons. The quantitative estimate of drug-likeness (QED) is 0.867.